The van der Waals surface area contributed by atoms with E-state index in [0.29, 0.717) is 0 Å². The Bertz CT molecular complexity index is 591. The summed E-state index contributed by atoms with van der Waals surface area (Å²) in [5.41, 5.74) is 0. The van der Waals surface area contributed by atoms with Crippen LogP contribution in [-0.2, 0) is 10.1 Å². The van der Waals surface area contributed by atoms with Crippen molar-refractivity contribution in [3.8, 4) is 0 Å². The van der Waals surface area contributed by atoms with Gasteiger partial charge in [-0.1, -0.05) is 154 Å². The van der Waals surface area contributed by atoms with Crippen molar-refractivity contribution < 1.29 is 9.79 Å². The van der Waals surface area contributed by atoms with Gasteiger partial charge in [-0.2, -0.15) is 0 Å². The van der Waals surface area contributed by atoms with Crippen LogP contribution >= 0.6 is 17.1 Å². The number of hydrogen-bond donors (Lipinski definition) is 2. The van der Waals surface area contributed by atoms with E-state index in [2.05, 4.69) is 38.2 Å². The van der Waals surface area contributed by atoms with Gasteiger partial charge in [-0.3, -0.25) is 0 Å². The van der Waals surface area contributed by atoms with Crippen LogP contribution in [0.2, 0.25) is 0 Å². The third-order valence-corrected chi connectivity index (χ3v) is 15.1. The molecule has 0 saturated carbocycles. The summed E-state index contributed by atoms with van der Waals surface area (Å²) in [5.74, 6) is -1.42. The summed E-state index contributed by atoms with van der Waals surface area (Å²) < 4.78 is 0. The summed E-state index contributed by atoms with van der Waals surface area (Å²) in [6, 6.07) is 0. The molecule has 0 heterocycles. The molecule has 0 unspecified atom stereocenters. The van der Waals surface area contributed by atoms with E-state index in [4.69, 9.17) is 11.2 Å². The fourth-order valence-electron chi connectivity index (χ4n) is 5.37. The van der Waals surface area contributed by atoms with Crippen molar-refractivity contribution in [2.45, 2.75) is 194 Å². The molecule has 0 amide bonds. The molecule has 2 N–H and O–H groups in total. The fourth-order valence-corrected chi connectivity index (χ4v) is 10.5. The molecule has 0 aromatic rings. The highest BCUT2D eigenvalue weighted by Crippen LogP contribution is 2.48. The van der Waals surface area contributed by atoms with Crippen LogP contribution in [0.15, 0.2) is 24.3 Å². The van der Waals surface area contributed by atoms with Gasteiger partial charge in [0.05, 0.1) is 0 Å². The Hall–Kier alpha value is 0.470. The van der Waals surface area contributed by atoms with Crippen molar-refractivity contribution in [2.24, 2.45) is 0 Å². The van der Waals surface area contributed by atoms with Gasteiger partial charge in [-0.15, -0.1) is 10.1 Å². The van der Waals surface area contributed by atoms with Crippen LogP contribution < -0.4 is 0 Å². The molecular weight excluding hydrogens is 563 g/mol. The number of rotatable bonds is 32. The molecule has 0 radical (unpaired) electrons. The van der Waals surface area contributed by atoms with Crippen molar-refractivity contribution >= 4 is 27.2 Å². The van der Waals surface area contributed by atoms with Gasteiger partial charge in [-0.05, 0) is 87.0 Å². The minimum Gasteiger partial charge on any atom is -0.338 e. The summed E-state index contributed by atoms with van der Waals surface area (Å²) in [4.78, 5) is 20.3. The number of hydrogen-bond acceptors (Lipinski definition) is 0. The lowest BCUT2D eigenvalue weighted by molar-refractivity contribution is 0.499. The van der Waals surface area contributed by atoms with Crippen LogP contribution in [-0.4, -0.2) is 21.3 Å². The molecule has 0 saturated heterocycles. The molecule has 0 bridgehead atoms. The molecule has 0 spiro atoms. The number of unbranched alkanes of at least 4 members (excludes halogenated alkanes) is 24. The average molecular weight is 635 g/mol. The third-order valence-electron chi connectivity index (χ3n) is 8.11. The second kappa shape index (κ2) is 33.4. The second-order valence-corrected chi connectivity index (χ2v) is 20.0. The Morgan fingerprint density at radius 2 is 0.659 bits per heavy atom. The minimum absolute atomic E-state index is 0.407. The second-order valence-electron chi connectivity index (χ2n) is 12.2. The highest BCUT2D eigenvalue weighted by Gasteiger charge is 2.12. The van der Waals surface area contributed by atoms with Crippen LogP contribution in [0.1, 0.15) is 194 Å². The largest absolute Gasteiger partial charge is 0.338 e. The Balaban J connectivity index is 3.62. The summed E-state index contributed by atoms with van der Waals surface area (Å²) >= 11 is 6.06. The van der Waals surface area contributed by atoms with E-state index >= 15 is 0 Å². The summed E-state index contributed by atoms with van der Waals surface area (Å²) in [6.07, 6.45) is 46.0. The number of halogens is 1. The zero-order valence-corrected chi connectivity index (χ0v) is 30.1. The van der Waals surface area contributed by atoms with E-state index < -0.39 is 15.9 Å². The fraction of sp³-hybridized carbons (Fsp3) is 0.889. The van der Waals surface area contributed by atoms with Crippen LogP contribution in [0.25, 0.3) is 0 Å². The Labute approximate surface area is 265 Å². The highest BCUT2D eigenvalue weighted by molar-refractivity contribution is 8.37. The predicted octanol–water partition coefficient (Wildman–Crippen LogP) is 13.6. The third kappa shape index (κ3) is 33.2. The summed E-state index contributed by atoms with van der Waals surface area (Å²) in [6.45, 7) is 4.55. The van der Waals surface area contributed by atoms with Gasteiger partial charge in [0.1, 0.15) is 0 Å². The van der Waals surface area contributed by atoms with Gasteiger partial charge in [0, 0.05) is 0 Å². The minimum atomic E-state index is -3.22. The summed E-state index contributed by atoms with van der Waals surface area (Å²) in [7, 11) is -0.407. The lowest BCUT2D eigenvalue weighted by atomic mass is 10.1. The van der Waals surface area contributed by atoms with Crippen molar-refractivity contribution in [1.82, 2.24) is 0 Å². The van der Waals surface area contributed by atoms with Gasteiger partial charge in [0.15, 0.2) is 0 Å². The van der Waals surface area contributed by atoms with Gasteiger partial charge in [-0.25, -0.2) is 0 Å². The zero-order chi connectivity index (χ0) is 30.1. The lowest BCUT2D eigenvalue weighted by Crippen LogP contribution is -2.04. The van der Waals surface area contributed by atoms with E-state index in [0.717, 1.165) is 24.3 Å². The average Bonchev–Trinajstić information content (AvgIpc) is 2.95. The predicted molar refractivity (Wildman–Crippen MR) is 193 cm³/mol. The maximum Gasteiger partial charge on any atom is 0.235 e. The Kier molecular flexibility index (Phi) is 33.7. The SMILES string of the molecule is CCCCCCCC/C=C\CCCCCCCCS(CCCCCCCC/C=C\CCCCCCCC)=P(O)(O)Cl. The van der Waals surface area contributed by atoms with Gasteiger partial charge < -0.3 is 9.79 Å². The Morgan fingerprint density at radius 3 is 0.927 bits per heavy atom. The van der Waals surface area contributed by atoms with Crippen LogP contribution in [0.3, 0.4) is 0 Å². The molecule has 0 rings (SSSR count). The first-order chi connectivity index (χ1) is 20.0. The van der Waals surface area contributed by atoms with E-state index in [1.54, 1.807) is 0 Å². The molecule has 2 nitrogen and oxygen atoms in total. The normalized spacial score (nSPS) is 12.5. The van der Waals surface area contributed by atoms with Gasteiger partial charge in [0.25, 0.3) is 0 Å². The van der Waals surface area contributed by atoms with E-state index in [1.165, 1.54) is 167 Å². The number of allylic oxidation sites excluding steroid dienone is 4. The van der Waals surface area contributed by atoms with Crippen LogP contribution in [0.4, 0.5) is 0 Å². The maximum atomic E-state index is 10.2. The molecule has 0 atom stereocenters. The first-order valence-corrected chi connectivity index (χ1v) is 22.8. The molecule has 246 valence electrons. The molecule has 0 fully saturated rings. The van der Waals surface area contributed by atoms with E-state index in [-0.39, 0.29) is 0 Å². The quantitative estimate of drug-likeness (QED) is 0.0439. The standard InChI is InChI=1S/C36H72ClO2PS/c1-3-5-7-9-11-13-15-17-19-21-23-25-27-29-31-33-35-41(40(37,38)39)36-34-32-30-28-26-24-22-20-18-16-14-12-10-8-6-4-2/h17-20,38-39H,3-16,21-36H2,1-2H3/b19-17-,20-18-. The summed E-state index contributed by atoms with van der Waals surface area (Å²) in [5, 5.41) is 0. The molecule has 0 aliphatic heterocycles. The van der Waals surface area contributed by atoms with Gasteiger partial charge in [0.2, 0.25) is 5.84 Å². The van der Waals surface area contributed by atoms with Crippen molar-refractivity contribution in [3.05, 3.63) is 24.3 Å². The molecule has 0 aliphatic carbocycles. The molecule has 0 aliphatic rings. The van der Waals surface area contributed by atoms with E-state index in [9.17, 15) is 9.79 Å². The molecular formula is C36H72ClO2PS. The van der Waals surface area contributed by atoms with E-state index in [1.807, 2.05) is 0 Å². The molecule has 41 heavy (non-hydrogen) atoms. The zero-order valence-electron chi connectivity index (χ0n) is 27.7. The molecule has 0 aromatic heterocycles. The van der Waals surface area contributed by atoms with Crippen molar-refractivity contribution in [3.63, 3.8) is 0 Å². The molecule has 0 aromatic carbocycles. The maximum absolute atomic E-state index is 10.2. The first kappa shape index (κ1) is 41.5. The van der Waals surface area contributed by atoms with Crippen molar-refractivity contribution in [2.75, 3.05) is 11.5 Å². The lowest BCUT2D eigenvalue weighted by Gasteiger charge is -2.15. The smallest absolute Gasteiger partial charge is 0.235 e. The first-order valence-electron chi connectivity index (χ1n) is 18.0. The van der Waals surface area contributed by atoms with Crippen molar-refractivity contribution in [1.29, 1.82) is 0 Å². The Morgan fingerprint density at radius 1 is 0.415 bits per heavy atom. The topological polar surface area (TPSA) is 40.5 Å². The van der Waals surface area contributed by atoms with Crippen LogP contribution in [0.5, 0.6) is 0 Å². The van der Waals surface area contributed by atoms with Crippen LogP contribution in [0, 0.1) is 0 Å². The monoisotopic (exact) mass is 634 g/mol. The highest BCUT2D eigenvalue weighted by atomic mass is 35.7. The molecule has 5 heteroatoms. The van der Waals surface area contributed by atoms with Gasteiger partial charge >= 0.3 is 0 Å².